The highest BCUT2D eigenvalue weighted by Gasteiger charge is 2.20. The highest BCUT2D eigenvalue weighted by molar-refractivity contribution is 7.12. The van der Waals surface area contributed by atoms with Gasteiger partial charge >= 0.3 is 5.97 Å². The summed E-state index contributed by atoms with van der Waals surface area (Å²) in [4.78, 5) is 24.2. The summed E-state index contributed by atoms with van der Waals surface area (Å²) in [5.74, 6) is -0.797. The number of esters is 1. The zero-order chi connectivity index (χ0) is 14.9. The number of methoxy groups -OCH3 is 1. The number of carbonyl (C=O) groups is 2. The minimum absolute atomic E-state index is 0.328. The highest BCUT2D eigenvalue weighted by atomic mass is 35.5. The summed E-state index contributed by atoms with van der Waals surface area (Å²) in [6.45, 7) is 1.82. The Morgan fingerprint density at radius 1 is 1.45 bits per heavy atom. The van der Waals surface area contributed by atoms with Crippen LogP contribution < -0.4 is 5.32 Å². The molecular weight excluding hydrogens is 300 g/mol. The summed E-state index contributed by atoms with van der Waals surface area (Å²) in [5, 5.41) is 5.01. The van der Waals surface area contributed by atoms with Crippen LogP contribution in [0.3, 0.4) is 0 Å². The van der Waals surface area contributed by atoms with Crippen molar-refractivity contribution in [2.24, 2.45) is 7.05 Å². The van der Waals surface area contributed by atoms with E-state index in [4.69, 9.17) is 16.3 Å². The number of hydrogen-bond acceptors (Lipinski definition) is 4. The second-order valence-corrected chi connectivity index (χ2v) is 5.54. The highest BCUT2D eigenvalue weighted by Crippen LogP contribution is 2.29. The van der Waals surface area contributed by atoms with Crippen LogP contribution >= 0.6 is 22.9 Å². The zero-order valence-electron chi connectivity index (χ0n) is 11.2. The summed E-state index contributed by atoms with van der Waals surface area (Å²) in [6.07, 6.45) is 1.64. The number of nitrogens with one attached hydrogen (secondary N) is 1. The maximum Gasteiger partial charge on any atom is 0.350 e. The SMILES string of the molecule is COC(=O)c1scc(C)c1NC(=O)c1cc(Cl)cn1C. The van der Waals surface area contributed by atoms with Crippen molar-refractivity contribution < 1.29 is 14.3 Å². The van der Waals surface area contributed by atoms with Crippen LogP contribution in [0.25, 0.3) is 0 Å². The van der Waals surface area contributed by atoms with Crippen LogP contribution in [0.15, 0.2) is 17.6 Å². The van der Waals surface area contributed by atoms with Crippen molar-refractivity contribution >= 4 is 40.5 Å². The summed E-state index contributed by atoms with van der Waals surface area (Å²) in [7, 11) is 3.03. The number of carbonyl (C=O) groups excluding carboxylic acids is 2. The average molecular weight is 313 g/mol. The van der Waals surface area contributed by atoms with Gasteiger partial charge in [0.1, 0.15) is 10.6 Å². The molecule has 2 aromatic heterocycles. The first-order valence-electron chi connectivity index (χ1n) is 5.73. The Bertz CT molecular complexity index is 675. The van der Waals surface area contributed by atoms with E-state index in [1.807, 2.05) is 6.92 Å². The number of thiophene rings is 1. The molecule has 0 aromatic carbocycles. The Morgan fingerprint density at radius 3 is 2.70 bits per heavy atom. The third-order valence-corrected chi connectivity index (χ3v) is 4.07. The number of rotatable bonds is 3. The molecule has 0 saturated heterocycles. The molecule has 0 fully saturated rings. The second kappa shape index (κ2) is 5.68. The predicted molar refractivity (Wildman–Crippen MR) is 78.8 cm³/mol. The number of aryl methyl sites for hydroxylation is 2. The van der Waals surface area contributed by atoms with Crippen LogP contribution in [-0.2, 0) is 11.8 Å². The minimum atomic E-state index is -0.469. The number of hydrogen-bond donors (Lipinski definition) is 1. The van der Waals surface area contributed by atoms with Gasteiger partial charge < -0.3 is 14.6 Å². The smallest absolute Gasteiger partial charge is 0.350 e. The largest absolute Gasteiger partial charge is 0.465 e. The molecule has 0 aliphatic rings. The average Bonchev–Trinajstić information content (AvgIpc) is 2.92. The molecule has 1 N–H and O–H groups in total. The van der Waals surface area contributed by atoms with Gasteiger partial charge in [-0.3, -0.25) is 4.79 Å². The van der Waals surface area contributed by atoms with Crippen LogP contribution in [0.5, 0.6) is 0 Å². The number of ether oxygens (including phenoxy) is 1. The Morgan fingerprint density at radius 2 is 2.15 bits per heavy atom. The van der Waals surface area contributed by atoms with E-state index in [1.54, 1.807) is 29.3 Å². The topological polar surface area (TPSA) is 60.3 Å². The summed E-state index contributed by atoms with van der Waals surface area (Å²) < 4.78 is 6.32. The van der Waals surface area contributed by atoms with Crippen LogP contribution in [0.4, 0.5) is 5.69 Å². The molecule has 0 atom stereocenters. The van der Waals surface area contributed by atoms with Crippen molar-refractivity contribution in [2.75, 3.05) is 12.4 Å². The molecule has 0 aliphatic carbocycles. The van der Waals surface area contributed by atoms with E-state index in [9.17, 15) is 9.59 Å². The first kappa shape index (κ1) is 14.6. The Labute approximate surface area is 125 Å². The molecule has 0 unspecified atom stereocenters. The molecule has 0 bridgehead atoms. The first-order chi connectivity index (χ1) is 9.43. The number of halogens is 1. The Kier molecular flexibility index (Phi) is 4.15. The van der Waals surface area contributed by atoms with E-state index in [-0.39, 0.29) is 5.91 Å². The van der Waals surface area contributed by atoms with Gasteiger partial charge in [-0.2, -0.15) is 0 Å². The Balaban J connectivity index is 2.30. The molecule has 0 spiro atoms. The fraction of sp³-hybridized carbons (Fsp3) is 0.231. The molecule has 20 heavy (non-hydrogen) atoms. The molecule has 2 heterocycles. The van der Waals surface area contributed by atoms with E-state index in [2.05, 4.69) is 5.32 Å². The molecule has 5 nitrogen and oxygen atoms in total. The molecule has 1 amide bonds. The zero-order valence-corrected chi connectivity index (χ0v) is 12.8. The monoisotopic (exact) mass is 312 g/mol. The van der Waals surface area contributed by atoms with Gasteiger partial charge in [0.25, 0.3) is 5.91 Å². The predicted octanol–water partition coefficient (Wildman–Crippen LogP) is 3.09. The molecule has 7 heteroatoms. The Hall–Kier alpha value is -1.79. The third kappa shape index (κ3) is 2.71. The third-order valence-electron chi connectivity index (χ3n) is 2.79. The van der Waals surface area contributed by atoms with Gasteiger partial charge in [0.05, 0.1) is 17.8 Å². The van der Waals surface area contributed by atoms with Gasteiger partial charge in [-0.1, -0.05) is 11.6 Å². The maximum atomic E-state index is 12.2. The van der Waals surface area contributed by atoms with Gasteiger partial charge in [-0.25, -0.2) is 4.79 Å². The van der Waals surface area contributed by atoms with E-state index < -0.39 is 5.97 Å². The molecule has 2 rings (SSSR count). The van der Waals surface area contributed by atoms with Crippen molar-refractivity contribution in [3.63, 3.8) is 0 Å². The number of aromatic nitrogens is 1. The van der Waals surface area contributed by atoms with Gasteiger partial charge in [0.2, 0.25) is 0 Å². The van der Waals surface area contributed by atoms with Crippen molar-refractivity contribution in [3.8, 4) is 0 Å². The maximum absolute atomic E-state index is 12.2. The molecule has 106 valence electrons. The fourth-order valence-corrected chi connectivity index (χ4v) is 2.94. The molecular formula is C13H13ClN2O3S. The molecule has 0 aliphatic heterocycles. The van der Waals surface area contributed by atoms with E-state index in [0.29, 0.717) is 21.3 Å². The van der Waals surface area contributed by atoms with Gasteiger partial charge in [0, 0.05) is 13.2 Å². The van der Waals surface area contributed by atoms with Gasteiger partial charge in [-0.05, 0) is 23.9 Å². The van der Waals surface area contributed by atoms with Crippen LogP contribution in [-0.4, -0.2) is 23.6 Å². The number of nitrogens with zero attached hydrogens (tertiary/aromatic N) is 1. The molecule has 0 saturated carbocycles. The van der Waals surface area contributed by atoms with E-state index in [0.717, 1.165) is 5.56 Å². The van der Waals surface area contributed by atoms with Crippen LogP contribution in [0, 0.1) is 6.92 Å². The molecule has 2 aromatic rings. The molecule has 0 radical (unpaired) electrons. The van der Waals surface area contributed by atoms with Crippen molar-refractivity contribution in [1.82, 2.24) is 4.57 Å². The van der Waals surface area contributed by atoms with E-state index in [1.165, 1.54) is 18.4 Å². The summed E-state index contributed by atoms with van der Waals surface area (Å²) >= 11 is 7.09. The normalized spacial score (nSPS) is 10.4. The van der Waals surface area contributed by atoms with Crippen molar-refractivity contribution in [2.45, 2.75) is 6.92 Å². The van der Waals surface area contributed by atoms with Crippen molar-refractivity contribution in [1.29, 1.82) is 0 Å². The van der Waals surface area contributed by atoms with Crippen LogP contribution in [0.1, 0.15) is 25.7 Å². The summed E-state index contributed by atoms with van der Waals surface area (Å²) in [6, 6.07) is 1.57. The first-order valence-corrected chi connectivity index (χ1v) is 6.99. The summed E-state index contributed by atoms with van der Waals surface area (Å²) in [5.41, 5.74) is 1.70. The lowest BCUT2D eigenvalue weighted by Crippen LogP contribution is -2.17. The lowest BCUT2D eigenvalue weighted by Gasteiger charge is -2.07. The fourth-order valence-electron chi connectivity index (χ4n) is 1.77. The lowest BCUT2D eigenvalue weighted by atomic mass is 10.2. The standard InChI is InChI=1S/C13H13ClN2O3S/c1-7-6-20-11(13(18)19-3)10(7)15-12(17)9-4-8(14)5-16(9)2/h4-6H,1-3H3,(H,15,17). The van der Waals surface area contributed by atoms with Gasteiger partial charge in [0.15, 0.2) is 0 Å². The van der Waals surface area contributed by atoms with E-state index >= 15 is 0 Å². The quantitative estimate of drug-likeness (QED) is 0.886. The van der Waals surface area contributed by atoms with Crippen LogP contribution in [0.2, 0.25) is 5.02 Å². The van der Waals surface area contributed by atoms with Crippen molar-refractivity contribution in [3.05, 3.63) is 38.8 Å². The second-order valence-electron chi connectivity index (χ2n) is 4.22. The minimum Gasteiger partial charge on any atom is -0.465 e. The number of anilines is 1. The number of amides is 1. The van der Waals surface area contributed by atoms with Gasteiger partial charge in [-0.15, -0.1) is 11.3 Å². The lowest BCUT2D eigenvalue weighted by molar-refractivity contribution is 0.0607.